The van der Waals surface area contributed by atoms with Crippen molar-refractivity contribution in [2.45, 2.75) is 31.5 Å². The molecule has 2 aromatic carbocycles. The number of rotatable bonds is 8. The topological polar surface area (TPSA) is 40.3 Å². The van der Waals surface area contributed by atoms with Crippen LogP contribution < -0.4 is 10.6 Å². The van der Waals surface area contributed by atoms with E-state index in [4.69, 9.17) is 0 Å². The fourth-order valence-corrected chi connectivity index (χ4v) is 7.55. The van der Waals surface area contributed by atoms with E-state index in [9.17, 15) is 9.67 Å². The Balaban J connectivity index is 0.000000481. The Bertz CT molecular complexity index is 832. The van der Waals surface area contributed by atoms with Gasteiger partial charge in [0.15, 0.2) is 0 Å². The smallest absolute Gasteiger partial charge is 0.391 e. The second kappa shape index (κ2) is 13.4. The second-order valence-electron chi connectivity index (χ2n) is 8.54. The number of aliphatic hydroxyl groups excluding tert-OH is 1. The fraction of sp³-hybridized carbons (Fsp3) is 0.241. The zero-order valence-electron chi connectivity index (χ0n) is 19.4. The summed E-state index contributed by atoms with van der Waals surface area (Å²) in [6.07, 6.45) is 18.9. The molecule has 2 aromatic rings. The van der Waals surface area contributed by atoms with Crippen molar-refractivity contribution in [1.82, 2.24) is 4.90 Å². The van der Waals surface area contributed by atoms with E-state index in [1.807, 2.05) is 118 Å². The predicted molar refractivity (Wildman–Crippen MR) is 137 cm³/mol. The van der Waals surface area contributed by atoms with Crippen molar-refractivity contribution in [3.05, 3.63) is 124 Å². The molecule has 0 amide bonds. The van der Waals surface area contributed by atoms with Gasteiger partial charge in [-0.15, -0.1) is 0 Å². The Labute approximate surface area is 217 Å². The maximum Gasteiger partial charge on any atom is 2.00 e. The van der Waals surface area contributed by atoms with E-state index < -0.39 is 13.2 Å². The first-order chi connectivity index (χ1) is 16.1. The third kappa shape index (κ3) is 6.86. The summed E-state index contributed by atoms with van der Waals surface area (Å²) in [4.78, 5) is 2.32. The van der Waals surface area contributed by atoms with Gasteiger partial charge in [0.25, 0.3) is 0 Å². The molecule has 176 valence electrons. The zero-order valence-corrected chi connectivity index (χ0v) is 21.4. The SMILES string of the molecule is CC[C@H](CP(=O)(c1ccccc1)c1ccccc1)N1C[C@H]1[C@H](O)[C]1[CH][CH][CH][CH]1.[CH]1[CH][CH][CH][CH]1.[Fe+2]. The molecule has 3 aliphatic rings. The van der Waals surface area contributed by atoms with E-state index in [-0.39, 0.29) is 29.2 Å². The summed E-state index contributed by atoms with van der Waals surface area (Å²) in [7, 11) is -2.75. The van der Waals surface area contributed by atoms with Crippen LogP contribution in [0.3, 0.4) is 0 Å². The summed E-state index contributed by atoms with van der Waals surface area (Å²) in [5, 5.41) is 12.5. The van der Waals surface area contributed by atoms with Crippen LogP contribution in [0.2, 0.25) is 0 Å². The van der Waals surface area contributed by atoms with E-state index in [1.54, 1.807) is 0 Å². The van der Waals surface area contributed by atoms with E-state index >= 15 is 0 Å². The minimum Gasteiger partial charge on any atom is -0.391 e. The van der Waals surface area contributed by atoms with Gasteiger partial charge in [-0.3, -0.25) is 4.90 Å². The van der Waals surface area contributed by atoms with Crippen molar-refractivity contribution in [2.75, 3.05) is 12.7 Å². The first kappa shape index (κ1) is 27.7. The zero-order chi connectivity index (χ0) is 23.1. The molecule has 34 heavy (non-hydrogen) atoms. The third-order valence-corrected chi connectivity index (χ3v) is 9.60. The predicted octanol–water partition coefficient (Wildman–Crippen LogP) is 4.25. The maximum atomic E-state index is 14.3. The molecule has 10 radical (unpaired) electrons. The Morgan fingerprint density at radius 1 is 0.853 bits per heavy atom. The van der Waals surface area contributed by atoms with Crippen LogP contribution in [-0.2, 0) is 21.6 Å². The number of hydrogen-bond acceptors (Lipinski definition) is 3. The Morgan fingerprint density at radius 2 is 1.32 bits per heavy atom. The summed E-state index contributed by atoms with van der Waals surface area (Å²) in [6.45, 7) is 3.00. The van der Waals surface area contributed by atoms with Crippen molar-refractivity contribution in [1.29, 1.82) is 0 Å². The molecule has 1 aliphatic heterocycles. The van der Waals surface area contributed by atoms with Gasteiger partial charge < -0.3 is 9.67 Å². The molecule has 3 fully saturated rings. The Hall–Kier alpha value is -0.891. The van der Waals surface area contributed by atoms with Crippen LogP contribution in [0, 0.1) is 63.7 Å². The van der Waals surface area contributed by atoms with Crippen LogP contribution in [0.15, 0.2) is 60.7 Å². The molecule has 1 unspecified atom stereocenters. The van der Waals surface area contributed by atoms with Crippen LogP contribution in [0.4, 0.5) is 0 Å². The van der Waals surface area contributed by atoms with Crippen molar-refractivity contribution < 1.29 is 26.7 Å². The van der Waals surface area contributed by atoms with Crippen molar-refractivity contribution >= 4 is 17.8 Å². The molecule has 5 heteroatoms. The van der Waals surface area contributed by atoms with Gasteiger partial charge in [-0.2, -0.15) is 0 Å². The van der Waals surface area contributed by atoms with Crippen LogP contribution >= 0.6 is 7.14 Å². The van der Waals surface area contributed by atoms with E-state index in [0.717, 1.165) is 29.5 Å². The molecule has 4 atom stereocenters. The normalized spacial score (nSPS) is 23.9. The average Bonchev–Trinajstić information content (AvgIpc) is 3.27. The van der Waals surface area contributed by atoms with Gasteiger partial charge in [0.1, 0.15) is 7.14 Å². The number of nitrogens with zero attached hydrogens (tertiary/aromatic N) is 1. The number of hydrogen-bond donors (Lipinski definition) is 1. The molecule has 0 bridgehead atoms. The van der Waals surface area contributed by atoms with Gasteiger partial charge >= 0.3 is 17.1 Å². The first-order valence-corrected chi connectivity index (χ1v) is 13.5. The molecule has 0 aromatic heterocycles. The van der Waals surface area contributed by atoms with E-state index in [0.29, 0.717) is 6.16 Å². The van der Waals surface area contributed by atoms with E-state index in [2.05, 4.69) is 11.8 Å². The quantitative estimate of drug-likeness (QED) is 0.326. The minimum atomic E-state index is -2.75. The Kier molecular flexibility index (Phi) is 10.9. The molecule has 3 nitrogen and oxygen atoms in total. The van der Waals surface area contributed by atoms with Crippen LogP contribution in [0.25, 0.3) is 0 Å². The molecule has 1 heterocycles. The van der Waals surface area contributed by atoms with Gasteiger partial charge in [-0.1, -0.05) is 67.6 Å². The molecule has 1 N–H and O–H groups in total. The summed E-state index contributed by atoms with van der Waals surface area (Å²) < 4.78 is 14.3. The van der Waals surface area contributed by atoms with Gasteiger partial charge in [0, 0.05) is 41.3 Å². The molecule has 2 aliphatic carbocycles. The van der Waals surface area contributed by atoms with Gasteiger partial charge in [-0.05, 0) is 64.2 Å². The van der Waals surface area contributed by atoms with Crippen molar-refractivity contribution in [3.8, 4) is 0 Å². The fourth-order valence-electron chi connectivity index (χ4n) is 4.46. The van der Waals surface area contributed by atoms with Crippen molar-refractivity contribution in [3.63, 3.8) is 0 Å². The van der Waals surface area contributed by atoms with Gasteiger partial charge in [0.05, 0.1) is 6.10 Å². The summed E-state index contributed by atoms with van der Waals surface area (Å²) in [5.41, 5.74) is 0. The summed E-state index contributed by atoms with van der Waals surface area (Å²) >= 11 is 0. The van der Waals surface area contributed by atoms with Crippen LogP contribution in [0.1, 0.15) is 13.3 Å². The summed E-state index contributed by atoms with van der Waals surface area (Å²) in [5.74, 6) is 0.969. The average molecular weight is 513 g/mol. The van der Waals surface area contributed by atoms with Crippen LogP contribution in [-0.4, -0.2) is 40.9 Å². The molecular formula is C29H32FeNO2P+2. The minimum absolute atomic E-state index is 0. The molecule has 5 rings (SSSR count). The maximum absolute atomic E-state index is 14.3. The monoisotopic (exact) mass is 513 g/mol. The molecule has 1 saturated heterocycles. The largest absolute Gasteiger partial charge is 2.00 e. The number of benzene rings is 2. The standard InChI is InChI=1S/C24H27NO2P.C5H5.Fe/c1-2-20(25-17-23(25)24(26)19-11-9-10-12-19)18-28(27,21-13-5-3-6-14-21)22-15-7-4-8-16-22;1-2-4-5-3-1;/h3-16,20,23-24,26H,2,17-18H2,1H3;1-5H;/q;;+2/t20-,23+,24-,25?;;/m1../s1. The first-order valence-electron chi connectivity index (χ1n) is 11.7. The molecule has 2 saturated carbocycles. The second-order valence-corrected chi connectivity index (χ2v) is 11.4. The third-order valence-electron chi connectivity index (χ3n) is 6.39. The summed E-state index contributed by atoms with van der Waals surface area (Å²) in [6, 6.07) is 20.0. The molecular weight excluding hydrogens is 481 g/mol. The van der Waals surface area contributed by atoms with Crippen molar-refractivity contribution in [2.24, 2.45) is 0 Å². The molecule has 0 spiro atoms. The van der Waals surface area contributed by atoms with Crippen LogP contribution in [0.5, 0.6) is 0 Å². The Morgan fingerprint density at radius 3 is 1.76 bits per heavy atom. The van der Waals surface area contributed by atoms with E-state index in [1.165, 1.54) is 0 Å². The number of aliphatic hydroxyl groups is 1. The van der Waals surface area contributed by atoms with Gasteiger partial charge in [-0.25, -0.2) is 0 Å². The van der Waals surface area contributed by atoms with Gasteiger partial charge in [0.2, 0.25) is 0 Å².